The topological polar surface area (TPSA) is 62.3 Å². The van der Waals surface area contributed by atoms with Gasteiger partial charge in [0.25, 0.3) is 5.91 Å². The average molecular weight is 365 g/mol. The highest BCUT2D eigenvalue weighted by atomic mass is 16.2. The molecule has 1 aliphatic rings. The van der Waals surface area contributed by atoms with Crippen molar-refractivity contribution in [3.63, 3.8) is 0 Å². The second kappa shape index (κ2) is 7.91. The second-order valence-electron chi connectivity index (χ2n) is 7.49. The predicted octanol–water partition coefficient (Wildman–Crippen LogP) is 3.81. The predicted molar refractivity (Wildman–Crippen MR) is 107 cm³/mol. The Morgan fingerprint density at radius 2 is 1.81 bits per heavy atom. The molecule has 1 aromatic heterocycles. The van der Waals surface area contributed by atoms with Crippen molar-refractivity contribution in [3.05, 3.63) is 58.4 Å². The van der Waals surface area contributed by atoms with Gasteiger partial charge in [-0.2, -0.15) is 0 Å². The molecular formula is C22H27N3O2. The number of amides is 2. The van der Waals surface area contributed by atoms with Crippen LogP contribution in [0.4, 0.5) is 5.69 Å². The third-order valence-corrected chi connectivity index (χ3v) is 5.15. The lowest BCUT2D eigenvalue weighted by Crippen LogP contribution is -2.43. The molecule has 0 spiro atoms. The van der Waals surface area contributed by atoms with Gasteiger partial charge in [0.1, 0.15) is 0 Å². The molecule has 0 bridgehead atoms. The molecule has 0 saturated carbocycles. The largest absolute Gasteiger partial charge is 0.338 e. The minimum absolute atomic E-state index is 0.00290. The van der Waals surface area contributed by atoms with Gasteiger partial charge in [-0.25, -0.2) is 0 Å². The highest BCUT2D eigenvalue weighted by molar-refractivity contribution is 5.96. The van der Waals surface area contributed by atoms with Gasteiger partial charge in [0.15, 0.2) is 0 Å². The van der Waals surface area contributed by atoms with Gasteiger partial charge in [0.05, 0.1) is 17.3 Å². The van der Waals surface area contributed by atoms with Crippen LogP contribution in [-0.2, 0) is 4.79 Å². The highest BCUT2D eigenvalue weighted by Crippen LogP contribution is 2.24. The van der Waals surface area contributed by atoms with E-state index in [4.69, 9.17) is 0 Å². The van der Waals surface area contributed by atoms with Crippen molar-refractivity contribution in [1.82, 2.24) is 9.88 Å². The molecule has 1 unspecified atom stereocenters. The molecule has 5 heteroatoms. The molecule has 5 nitrogen and oxygen atoms in total. The number of nitrogens with zero attached hydrogens (tertiary/aromatic N) is 2. The van der Waals surface area contributed by atoms with Crippen molar-refractivity contribution in [2.24, 2.45) is 5.92 Å². The highest BCUT2D eigenvalue weighted by Gasteiger charge is 2.29. The first-order valence-corrected chi connectivity index (χ1v) is 9.47. The van der Waals surface area contributed by atoms with Crippen LogP contribution < -0.4 is 5.32 Å². The Hall–Kier alpha value is -2.69. The quantitative estimate of drug-likeness (QED) is 0.900. The minimum Gasteiger partial charge on any atom is -0.338 e. The number of rotatable bonds is 3. The van der Waals surface area contributed by atoms with Gasteiger partial charge >= 0.3 is 0 Å². The Morgan fingerprint density at radius 3 is 2.48 bits per heavy atom. The fourth-order valence-electron chi connectivity index (χ4n) is 3.69. The van der Waals surface area contributed by atoms with Crippen LogP contribution in [0.3, 0.4) is 0 Å². The first-order chi connectivity index (χ1) is 12.8. The normalized spacial score (nSPS) is 16.9. The zero-order chi connectivity index (χ0) is 19.6. The van der Waals surface area contributed by atoms with Crippen molar-refractivity contribution in [2.45, 2.75) is 40.5 Å². The number of benzene rings is 1. The van der Waals surface area contributed by atoms with Gasteiger partial charge in [0.2, 0.25) is 5.91 Å². The number of pyridine rings is 1. The number of carbonyl (C=O) groups excluding carboxylic acids is 2. The summed E-state index contributed by atoms with van der Waals surface area (Å²) >= 11 is 0. The molecule has 1 N–H and O–H groups in total. The Morgan fingerprint density at radius 1 is 1.11 bits per heavy atom. The van der Waals surface area contributed by atoms with Gasteiger partial charge in [-0.05, 0) is 64.3 Å². The number of likely N-dealkylation sites (tertiary alicyclic amines) is 1. The average Bonchev–Trinajstić information content (AvgIpc) is 2.64. The molecule has 2 aromatic rings. The summed E-state index contributed by atoms with van der Waals surface area (Å²) in [6.07, 6.45) is 1.63. The van der Waals surface area contributed by atoms with Crippen LogP contribution >= 0.6 is 0 Å². The van der Waals surface area contributed by atoms with Crippen molar-refractivity contribution < 1.29 is 9.59 Å². The lowest BCUT2D eigenvalue weighted by Gasteiger charge is -2.32. The Balaban J connectivity index is 1.69. The Bertz CT molecular complexity index is 835. The number of aryl methyl sites for hydroxylation is 4. The van der Waals surface area contributed by atoms with Gasteiger partial charge in [-0.15, -0.1) is 0 Å². The van der Waals surface area contributed by atoms with Gasteiger partial charge < -0.3 is 10.2 Å². The molecule has 1 saturated heterocycles. The number of hydrogen-bond donors (Lipinski definition) is 1. The fourth-order valence-corrected chi connectivity index (χ4v) is 3.69. The first kappa shape index (κ1) is 19.1. The van der Waals surface area contributed by atoms with E-state index in [9.17, 15) is 9.59 Å². The van der Waals surface area contributed by atoms with E-state index in [1.807, 2.05) is 58.0 Å². The number of nitrogens with one attached hydrogen (secondary N) is 1. The molecule has 27 heavy (non-hydrogen) atoms. The molecule has 1 fully saturated rings. The summed E-state index contributed by atoms with van der Waals surface area (Å²) in [5.41, 5.74) is 5.36. The fraction of sp³-hybridized carbons (Fsp3) is 0.409. The Kier molecular flexibility index (Phi) is 5.59. The Labute approximate surface area is 160 Å². The summed E-state index contributed by atoms with van der Waals surface area (Å²) in [6.45, 7) is 8.98. The minimum atomic E-state index is -0.201. The van der Waals surface area contributed by atoms with E-state index in [0.717, 1.165) is 41.0 Å². The monoisotopic (exact) mass is 365 g/mol. The van der Waals surface area contributed by atoms with E-state index >= 15 is 0 Å². The molecule has 142 valence electrons. The van der Waals surface area contributed by atoms with Crippen molar-refractivity contribution in [1.29, 1.82) is 0 Å². The number of piperidine rings is 1. The second-order valence-corrected chi connectivity index (χ2v) is 7.49. The zero-order valence-electron chi connectivity index (χ0n) is 16.5. The van der Waals surface area contributed by atoms with E-state index in [1.54, 1.807) is 4.90 Å². The van der Waals surface area contributed by atoms with Crippen LogP contribution in [0.5, 0.6) is 0 Å². The molecular weight excluding hydrogens is 338 g/mol. The van der Waals surface area contributed by atoms with Crippen LogP contribution in [0.15, 0.2) is 30.3 Å². The van der Waals surface area contributed by atoms with Crippen molar-refractivity contribution in [3.8, 4) is 0 Å². The SMILES string of the molecule is Cc1ccc(C(=O)N2CCCC(C(=O)Nc3c(C)cc(C)nc3C)C2)cc1. The smallest absolute Gasteiger partial charge is 0.253 e. The molecule has 1 aliphatic heterocycles. The van der Waals surface area contributed by atoms with E-state index in [0.29, 0.717) is 18.7 Å². The molecule has 0 aliphatic carbocycles. The number of carbonyl (C=O) groups is 2. The lowest BCUT2D eigenvalue weighted by atomic mass is 9.96. The number of aromatic nitrogens is 1. The summed E-state index contributed by atoms with van der Waals surface area (Å²) in [5.74, 6) is -0.238. The van der Waals surface area contributed by atoms with E-state index in [1.165, 1.54) is 0 Å². The van der Waals surface area contributed by atoms with Crippen LogP contribution in [0, 0.1) is 33.6 Å². The standard InChI is InChI=1S/C22H27N3O2/c1-14-7-9-18(10-8-14)22(27)25-11-5-6-19(13-25)21(26)24-20-15(2)12-16(3)23-17(20)4/h7-10,12,19H,5-6,11,13H2,1-4H3,(H,24,26). The summed E-state index contributed by atoms with van der Waals surface area (Å²) in [7, 11) is 0. The zero-order valence-corrected chi connectivity index (χ0v) is 16.5. The summed E-state index contributed by atoms with van der Waals surface area (Å²) in [4.78, 5) is 31.8. The maximum atomic E-state index is 12.8. The van der Waals surface area contributed by atoms with Crippen LogP contribution in [0.1, 0.15) is 45.7 Å². The number of hydrogen-bond acceptors (Lipinski definition) is 3. The molecule has 2 heterocycles. The van der Waals surface area contributed by atoms with Crippen LogP contribution in [0.2, 0.25) is 0 Å². The molecule has 3 rings (SSSR count). The van der Waals surface area contributed by atoms with Gasteiger partial charge in [-0.3, -0.25) is 14.6 Å². The van der Waals surface area contributed by atoms with Crippen molar-refractivity contribution in [2.75, 3.05) is 18.4 Å². The summed E-state index contributed by atoms with van der Waals surface area (Å²) in [5, 5.41) is 3.04. The van der Waals surface area contributed by atoms with Crippen LogP contribution in [-0.4, -0.2) is 34.8 Å². The molecule has 2 amide bonds. The maximum absolute atomic E-state index is 12.8. The molecule has 1 atom stereocenters. The van der Waals surface area contributed by atoms with E-state index < -0.39 is 0 Å². The first-order valence-electron chi connectivity index (χ1n) is 9.47. The molecule has 1 aromatic carbocycles. The van der Waals surface area contributed by atoms with Crippen molar-refractivity contribution >= 4 is 17.5 Å². The van der Waals surface area contributed by atoms with Gasteiger partial charge in [-0.1, -0.05) is 17.7 Å². The van der Waals surface area contributed by atoms with E-state index in [2.05, 4.69) is 10.3 Å². The maximum Gasteiger partial charge on any atom is 0.253 e. The van der Waals surface area contributed by atoms with Crippen LogP contribution in [0.25, 0.3) is 0 Å². The van der Waals surface area contributed by atoms with Gasteiger partial charge in [0, 0.05) is 24.3 Å². The lowest BCUT2D eigenvalue weighted by molar-refractivity contribution is -0.121. The summed E-state index contributed by atoms with van der Waals surface area (Å²) < 4.78 is 0. The van der Waals surface area contributed by atoms with E-state index in [-0.39, 0.29) is 17.7 Å². The third kappa shape index (κ3) is 4.35. The summed E-state index contributed by atoms with van der Waals surface area (Å²) in [6, 6.07) is 9.56. The third-order valence-electron chi connectivity index (χ3n) is 5.15. The molecule has 0 radical (unpaired) electrons. The number of anilines is 1.